The van der Waals surface area contributed by atoms with Crippen molar-refractivity contribution in [1.29, 1.82) is 0 Å². The molecular weight excluding hydrogens is 258 g/mol. The van der Waals surface area contributed by atoms with Gasteiger partial charge in [-0.2, -0.15) is 0 Å². The van der Waals surface area contributed by atoms with E-state index in [0.29, 0.717) is 12.7 Å². The summed E-state index contributed by atoms with van der Waals surface area (Å²) in [6.07, 6.45) is 4.99. The third kappa shape index (κ3) is 5.04. The average molecular weight is 285 g/mol. The van der Waals surface area contributed by atoms with Gasteiger partial charge in [0.2, 0.25) is 0 Å². The van der Waals surface area contributed by atoms with Crippen molar-refractivity contribution in [3.8, 4) is 0 Å². The van der Waals surface area contributed by atoms with Crippen molar-refractivity contribution in [2.24, 2.45) is 0 Å². The fourth-order valence-corrected chi connectivity index (χ4v) is 3.07. The Kier molecular flexibility index (Phi) is 5.41. The highest BCUT2D eigenvalue weighted by Crippen LogP contribution is 2.30. The molecular formula is C15H27NO4. The van der Waals surface area contributed by atoms with Gasteiger partial charge < -0.3 is 19.5 Å². The number of carbonyl (C=O) groups is 1. The highest BCUT2D eigenvalue weighted by Gasteiger charge is 2.33. The Hall–Kier alpha value is -0.650. The van der Waals surface area contributed by atoms with E-state index in [4.69, 9.17) is 14.6 Å². The molecule has 0 amide bonds. The van der Waals surface area contributed by atoms with Gasteiger partial charge in [0.05, 0.1) is 30.8 Å². The number of piperidine rings is 1. The molecule has 0 aliphatic carbocycles. The van der Waals surface area contributed by atoms with E-state index < -0.39 is 5.97 Å². The summed E-state index contributed by atoms with van der Waals surface area (Å²) < 4.78 is 11.6. The zero-order chi connectivity index (χ0) is 14.6. The van der Waals surface area contributed by atoms with Crippen molar-refractivity contribution in [2.45, 2.75) is 63.8 Å². The van der Waals surface area contributed by atoms with E-state index >= 15 is 0 Å². The van der Waals surface area contributed by atoms with Gasteiger partial charge in [0.25, 0.3) is 0 Å². The summed E-state index contributed by atoms with van der Waals surface area (Å²) in [5.41, 5.74) is 0.0446. The molecule has 2 heterocycles. The zero-order valence-electron chi connectivity index (χ0n) is 12.6. The van der Waals surface area contributed by atoms with Gasteiger partial charge in [-0.05, 0) is 39.5 Å². The van der Waals surface area contributed by atoms with Gasteiger partial charge in [0.15, 0.2) is 0 Å². The Morgan fingerprint density at radius 1 is 1.35 bits per heavy atom. The molecule has 2 saturated heterocycles. The molecule has 0 aromatic heterocycles. The summed E-state index contributed by atoms with van der Waals surface area (Å²) >= 11 is 0. The molecule has 2 aliphatic rings. The molecule has 5 heteroatoms. The van der Waals surface area contributed by atoms with E-state index in [9.17, 15) is 4.79 Å². The smallest absolute Gasteiger partial charge is 0.305 e. The molecule has 1 N–H and O–H groups in total. The maximum Gasteiger partial charge on any atom is 0.305 e. The lowest BCUT2D eigenvalue weighted by atomic mass is 10.0. The van der Waals surface area contributed by atoms with Crippen LogP contribution in [-0.4, -0.2) is 60.0 Å². The van der Waals surface area contributed by atoms with Gasteiger partial charge >= 0.3 is 5.97 Å². The first-order valence-electron chi connectivity index (χ1n) is 7.68. The number of hydrogen-bond acceptors (Lipinski definition) is 4. The van der Waals surface area contributed by atoms with Crippen LogP contribution in [0, 0.1) is 0 Å². The summed E-state index contributed by atoms with van der Waals surface area (Å²) in [6, 6.07) is 0. The monoisotopic (exact) mass is 285 g/mol. The van der Waals surface area contributed by atoms with Crippen molar-refractivity contribution < 1.29 is 19.4 Å². The minimum absolute atomic E-state index is 0.0446. The minimum Gasteiger partial charge on any atom is -0.481 e. The van der Waals surface area contributed by atoms with Crippen LogP contribution in [0.4, 0.5) is 0 Å². The lowest BCUT2D eigenvalue weighted by Crippen LogP contribution is -2.41. The number of nitrogens with zero attached hydrogens (tertiary/aromatic N) is 1. The van der Waals surface area contributed by atoms with E-state index in [2.05, 4.69) is 18.7 Å². The Morgan fingerprint density at radius 3 is 2.60 bits per heavy atom. The van der Waals surface area contributed by atoms with Gasteiger partial charge in [-0.3, -0.25) is 4.79 Å². The van der Waals surface area contributed by atoms with Crippen LogP contribution in [0.1, 0.15) is 46.0 Å². The standard InChI is InChI=1S/C15H27NO4/c1-15(2)7-3-13(20-15)11-16-8-4-12(5-9-16)19-10-6-14(17)18/h12-13H,3-11H2,1-2H3,(H,17,18). The number of ether oxygens (including phenoxy) is 2. The molecule has 0 saturated carbocycles. The second-order valence-electron chi connectivity index (χ2n) is 6.55. The van der Waals surface area contributed by atoms with Crippen LogP contribution in [0.3, 0.4) is 0 Å². The summed E-state index contributed by atoms with van der Waals surface area (Å²) in [7, 11) is 0. The maximum atomic E-state index is 10.4. The highest BCUT2D eigenvalue weighted by molar-refractivity contribution is 5.66. The predicted molar refractivity (Wildman–Crippen MR) is 75.9 cm³/mol. The molecule has 0 radical (unpaired) electrons. The number of carboxylic acids is 1. The largest absolute Gasteiger partial charge is 0.481 e. The van der Waals surface area contributed by atoms with Crippen molar-refractivity contribution in [3.05, 3.63) is 0 Å². The van der Waals surface area contributed by atoms with Crippen LogP contribution >= 0.6 is 0 Å². The minimum atomic E-state index is -0.788. The van der Waals surface area contributed by atoms with Gasteiger partial charge in [-0.15, -0.1) is 0 Å². The fourth-order valence-electron chi connectivity index (χ4n) is 3.07. The molecule has 0 aromatic carbocycles. The van der Waals surface area contributed by atoms with Gasteiger partial charge in [-0.25, -0.2) is 0 Å². The van der Waals surface area contributed by atoms with Crippen LogP contribution < -0.4 is 0 Å². The SMILES string of the molecule is CC1(C)CCC(CN2CCC(OCCC(=O)O)CC2)O1. The summed E-state index contributed by atoms with van der Waals surface area (Å²) in [4.78, 5) is 12.9. The molecule has 2 fully saturated rings. The van der Waals surface area contributed by atoms with Crippen molar-refractivity contribution >= 4 is 5.97 Å². The second-order valence-corrected chi connectivity index (χ2v) is 6.55. The first-order valence-corrected chi connectivity index (χ1v) is 7.68. The molecule has 0 aromatic rings. The van der Waals surface area contributed by atoms with Crippen LogP contribution in [-0.2, 0) is 14.3 Å². The molecule has 116 valence electrons. The van der Waals surface area contributed by atoms with E-state index in [1.54, 1.807) is 0 Å². The molecule has 1 unspecified atom stereocenters. The number of rotatable bonds is 6. The summed E-state index contributed by atoms with van der Waals surface area (Å²) in [5, 5.41) is 8.58. The van der Waals surface area contributed by atoms with Crippen LogP contribution in [0.15, 0.2) is 0 Å². The van der Waals surface area contributed by atoms with Crippen LogP contribution in [0.25, 0.3) is 0 Å². The third-order valence-corrected chi connectivity index (χ3v) is 4.22. The second kappa shape index (κ2) is 6.87. The molecule has 2 aliphatic heterocycles. The molecule has 5 nitrogen and oxygen atoms in total. The number of carboxylic acid groups (broad SMARTS) is 1. The Balaban J connectivity index is 1.61. The lowest BCUT2D eigenvalue weighted by molar-refractivity contribution is -0.139. The highest BCUT2D eigenvalue weighted by atomic mass is 16.5. The molecule has 20 heavy (non-hydrogen) atoms. The van der Waals surface area contributed by atoms with E-state index in [1.165, 1.54) is 0 Å². The summed E-state index contributed by atoms with van der Waals surface area (Å²) in [6.45, 7) is 7.73. The maximum absolute atomic E-state index is 10.4. The zero-order valence-corrected chi connectivity index (χ0v) is 12.6. The number of likely N-dealkylation sites (tertiary alicyclic amines) is 1. The Labute approximate surface area is 121 Å². The van der Waals surface area contributed by atoms with Crippen LogP contribution in [0.2, 0.25) is 0 Å². The van der Waals surface area contributed by atoms with Crippen LogP contribution in [0.5, 0.6) is 0 Å². The van der Waals surface area contributed by atoms with E-state index in [-0.39, 0.29) is 18.1 Å². The van der Waals surface area contributed by atoms with Gasteiger partial charge in [0, 0.05) is 19.6 Å². The summed E-state index contributed by atoms with van der Waals surface area (Å²) in [5.74, 6) is -0.788. The van der Waals surface area contributed by atoms with Gasteiger partial charge in [-0.1, -0.05) is 0 Å². The quantitative estimate of drug-likeness (QED) is 0.807. The van der Waals surface area contributed by atoms with E-state index in [0.717, 1.165) is 45.3 Å². The molecule has 0 spiro atoms. The fraction of sp³-hybridized carbons (Fsp3) is 0.933. The number of hydrogen-bond donors (Lipinski definition) is 1. The normalized spacial score (nSPS) is 27.8. The van der Waals surface area contributed by atoms with Crippen molar-refractivity contribution in [2.75, 3.05) is 26.2 Å². The topological polar surface area (TPSA) is 59.0 Å². The molecule has 0 bridgehead atoms. The first-order chi connectivity index (χ1) is 9.44. The Bertz CT molecular complexity index is 324. The number of aliphatic carboxylic acids is 1. The first kappa shape index (κ1) is 15.7. The lowest BCUT2D eigenvalue weighted by Gasteiger charge is -2.33. The Morgan fingerprint density at radius 2 is 2.05 bits per heavy atom. The van der Waals surface area contributed by atoms with Crippen molar-refractivity contribution in [1.82, 2.24) is 4.90 Å². The van der Waals surface area contributed by atoms with Crippen molar-refractivity contribution in [3.63, 3.8) is 0 Å². The van der Waals surface area contributed by atoms with E-state index in [1.807, 2.05) is 0 Å². The van der Waals surface area contributed by atoms with Gasteiger partial charge in [0.1, 0.15) is 0 Å². The third-order valence-electron chi connectivity index (χ3n) is 4.22. The molecule has 1 atom stereocenters. The molecule has 2 rings (SSSR count). The average Bonchev–Trinajstić information content (AvgIpc) is 2.70. The predicted octanol–water partition coefficient (Wildman–Crippen LogP) is 1.90.